The van der Waals surface area contributed by atoms with Crippen LogP contribution in [0.4, 0.5) is 0 Å². The minimum atomic E-state index is 0. The number of fused-ring (bicyclic) bond motifs is 2. The van der Waals surface area contributed by atoms with Crippen LogP contribution in [0.3, 0.4) is 0 Å². The van der Waals surface area contributed by atoms with Gasteiger partial charge in [0.25, 0.3) is 0 Å². The summed E-state index contributed by atoms with van der Waals surface area (Å²) < 4.78 is 1.78. The molecule has 268 valence electrons. The van der Waals surface area contributed by atoms with Crippen molar-refractivity contribution in [3.63, 3.8) is 0 Å². The van der Waals surface area contributed by atoms with Gasteiger partial charge >= 0.3 is 46.7 Å². The summed E-state index contributed by atoms with van der Waals surface area (Å²) in [7, 11) is 0. The summed E-state index contributed by atoms with van der Waals surface area (Å²) in [6, 6.07) is 44.4. The molecule has 0 N–H and O–H groups in total. The van der Waals surface area contributed by atoms with Crippen molar-refractivity contribution in [2.45, 2.75) is 60.8 Å². The molecule has 0 radical (unpaired) electrons. The van der Waals surface area contributed by atoms with Crippen molar-refractivity contribution >= 4 is 47.4 Å². The van der Waals surface area contributed by atoms with Crippen LogP contribution in [0.5, 0.6) is 0 Å². The molecule has 0 amide bonds. The molecular weight excluding hydrogens is 803 g/mol. The van der Waals surface area contributed by atoms with Crippen LogP contribution in [0.2, 0.25) is 0 Å². The molecule has 0 atom stereocenters. The normalized spacial score (nSPS) is 11.9. The van der Waals surface area contributed by atoms with E-state index in [0.717, 1.165) is 0 Å². The molecular formula is C48H44Cl2S2Zr-2. The molecule has 8 aromatic rings. The molecule has 5 heteroatoms. The van der Waals surface area contributed by atoms with Crippen LogP contribution in [-0.4, -0.2) is 3.21 Å². The first-order chi connectivity index (χ1) is 24.7. The molecule has 0 aliphatic heterocycles. The molecule has 9 rings (SSSR count). The minimum absolute atomic E-state index is 0. The summed E-state index contributed by atoms with van der Waals surface area (Å²) in [5, 5.41) is 5.40. The average Bonchev–Trinajstić information content (AvgIpc) is 3.93. The van der Waals surface area contributed by atoms with E-state index in [1.807, 2.05) is 22.7 Å². The van der Waals surface area contributed by atoms with Crippen molar-refractivity contribution in [3.05, 3.63) is 153 Å². The third-order valence-electron chi connectivity index (χ3n) is 10.2. The summed E-state index contributed by atoms with van der Waals surface area (Å²) in [6.45, 7) is 13.2. The van der Waals surface area contributed by atoms with E-state index < -0.39 is 0 Å². The van der Waals surface area contributed by atoms with Gasteiger partial charge in [0.15, 0.2) is 0 Å². The summed E-state index contributed by atoms with van der Waals surface area (Å²) in [5.74, 6) is 0. The van der Waals surface area contributed by atoms with Gasteiger partial charge < -0.3 is 24.8 Å². The monoisotopic (exact) mass is 844 g/mol. The fraction of sp³-hybridized carbons (Fsp3) is 0.188. The van der Waals surface area contributed by atoms with Gasteiger partial charge in [-0.25, -0.2) is 0 Å². The molecule has 2 heterocycles. The van der Waals surface area contributed by atoms with Gasteiger partial charge in [0.05, 0.1) is 0 Å². The maximum absolute atomic E-state index is 2.36. The van der Waals surface area contributed by atoms with Crippen LogP contribution < -0.4 is 24.8 Å². The van der Waals surface area contributed by atoms with Gasteiger partial charge in [-0.1, -0.05) is 107 Å². The molecule has 1 fully saturated rings. The third-order valence-corrected chi connectivity index (χ3v) is 13.5. The van der Waals surface area contributed by atoms with Crippen LogP contribution in [0.25, 0.3) is 64.7 Å². The third kappa shape index (κ3) is 9.04. The Morgan fingerprint density at radius 1 is 0.509 bits per heavy atom. The SMILES string of the molecule is Cc1ccc(-c2cc3c(-c4ccccc4)c(C)c(C)cc3[cH-]2)s1.Cc1ccc(-c2cc3c(-c4ccccc4)c(C)c(C)cc3[cH-]2)s1.[Cl-].[Cl-].[Zr+2]=[C]1CCC1. The van der Waals surface area contributed by atoms with Gasteiger partial charge in [0.1, 0.15) is 0 Å². The Bertz CT molecular complexity index is 2300. The average molecular weight is 847 g/mol. The van der Waals surface area contributed by atoms with Crippen LogP contribution in [0, 0.1) is 41.5 Å². The molecule has 53 heavy (non-hydrogen) atoms. The number of rotatable bonds is 4. The number of aryl methyl sites for hydroxylation is 4. The van der Waals surface area contributed by atoms with Crippen molar-refractivity contribution in [2.24, 2.45) is 0 Å². The van der Waals surface area contributed by atoms with Gasteiger partial charge in [-0.3, -0.25) is 0 Å². The summed E-state index contributed by atoms with van der Waals surface area (Å²) in [6.07, 6.45) is 4.36. The van der Waals surface area contributed by atoms with Crippen LogP contribution >= 0.6 is 22.7 Å². The number of halogens is 2. The van der Waals surface area contributed by atoms with Crippen molar-refractivity contribution < 1.29 is 49.0 Å². The van der Waals surface area contributed by atoms with E-state index in [9.17, 15) is 0 Å². The van der Waals surface area contributed by atoms with E-state index >= 15 is 0 Å². The molecule has 0 unspecified atom stereocenters. The number of benzene rings is 4. The molecule has 0 spiro atoms. The Kier molecular flexibility index (Phi) is 13.9. The summed E-state index contributed by atoms with van der Waals surface area (Å²) in [5.41, 5.74) is 13.5. The Balaban J connectivity index is 0.000000175. The maximum atomic E-state index is 2.36. The summed E-state index contributed by atoms with van der Waals surface area (Å²) >= 11 is 5.41. The second-order valence-corrected chi connectivity index (χ2v) is 18.2. The van der Waals surface area contributed by atoms with E-state index in [0.29, 0.717) is 0 Å². The van der Waals surface area contributed by atoms with Crippen molar-refractivity contribution in [2.75, 3.05) is 0 Å². The number of hydrogen-bond acceptors (Lipinski definition) is 2. The number of hydrogen-bond donors (Lipinski definition) is 0. The van der Waals surface area contributed by atoms with E-state index in [4.69, 9.17) is 0 Å². The molecule has 6 aromatic carbocycles. The van der Waals surface area contributed by atoms with E-state index in [2.05, 4.69) is 163 Å². The van der Waals surface area contributed by atoms with Gasteiger partial charge in [-0.15, -0.1) is 69.1 Å². The fourth-order valence-corrected chi connectivity index (χ4v) is 9.55. The predicted molar refractivity (Wildman–Crippen MR) is 224 cm³/mol. The Morgan fingerprint density at radius 2 is 0.887 bits per heavy atom. The van der Waals surface area contributed by atoms with Crippen LogP contribution in [0.1, 0.15) is 51.3 Å². The Labute approximate surface area is 350 Å². The summed E-state index contributed by atoms with van der Waals surface area (Å²) in [4.78, 5) is 5.43. The zero-order valence-electron chi connectivity index (χ0n) is 31.2. The van der Waals surface area contributed by atoms with Gasteiger partial charge in [-0.05, 0) is 83.3 Å². The molecule has 1 aliphatic carbocycles. The second kappa shape index (κ2) is 18.0. The first kappa shape index (κ1) is 41.0. The molecule has 0 nitrogen and oxygen atoms in total. The van der Waals surface area contributed by atoms with Gasteiger partial charge in [-0.2, -0.15) is 22.7 Å². The van der Waals surface area contributed by atoms with Crippen molar-refractivity contribution in [1.82, 2.24) is 0 Å². The molecule has 0 saturated heterocycles. The molecule has 2 aromatic heterocycles. The van der Waals surface area contributed by atoms with Gasteiger partial charge in [0, 0.05) is 0 Å². The van der Waals surface area contributed by atoms with Crippen molar-refractivity contribution in [3.8, 4) is 43.1 Å². The zero-order valence-corrected chi connectivity index (χ0v) is 36.8. The van der Waals surface area contributed by atoms with Crippen LogP contribution in [0.15, 0.2) is 121 Å². The van der Waals surface area contributed by atoms with Crippen LogP contribution in [-0.2, 0) is 24.2 Å². The van der Waals surface area contributed by atoms with E-state index in [1.54, 1.807) is 27.4 Å². The van der Waals surface area contributed by atoms with E-state index in [-0.39, 0.29) is 24.8 Å². The van der Waals surface area contributed by atoms with Crippen molar-refractivity contribution in [1.29, 1.82) is 0 Å². The zero-order chi connectivity index (χ0) is 35.6. The first-order valence-corrected chi connectivity index (χ1v) is 20.7. The fourth-order valence-electron chi connectivity index (χ4n) is 6.98. The molecule has 1 aliphatic rings. The van der Waals surface area contributed by atoms with Gasteiger partial charge in [0.2, 0.25) is 0 Å². The molecule has 1 saturated carbocycles. The standard InChI is InChI=1S/2C22H19S.C4H6.2ClH.Zr/c2*1-14-11-18-12-19(21-10-9-15(2)23-21)13-20(18)22(16(14)3)17-7-5-4-6-8-17;1-2-4-3-1;;;/h2*4-13H,1-3H3;1-3H2;2*1H;/q2*-1;;;;+2/p-2. The number of thiophene rings is 2. The quantitative estimate of drug-likeness (QED) is 0.156. The molecule has 0 bridgehead atoms. The topological polar surface area (TPSA) is 0 Å². The predicted octanol–water partition coefficient (Wildman–Crippen LogP) is 8.66. The second-order valence-electron chi connectivity index (χ2n) is 13.9. The van der Waals surface area contributed by atoms with E-state index in [1.165, 1.54) is 116 Å². The Hall–Kier alpha value is -3.17. The Morgan fingerprint density at radius 3 is 1.19 bits per heavy atom. The first-order valence-electron chi connectivity index (χ1n) is 17.9.